The topological polar surface area (TPSA) is 73.1 Å². The molecule has 1 aromatic heterocycles. The summed E-state index contributed by atoms with van der Waals surface area (Å²) in [6.45, 7) is 3.31. The summed E-state index contributed by atoms with van der Waals surface area (Å²) < 4.78 is 0. The molecule has 1 amide bonds. The fourth-order valence-electron chi connectivity index (χ4n) is 3.49. The first-order chi connectivity index (χ1) is 11.3. The molecule has 23 heavy (non-hydrogen) atoms. The molecule has 3 N–H and O–H groups in total. The number of para-hydroxylation sites is 1. The zero-order chi connectivity index (χ0) is 15.6. The average Bonchev–Trinajstić information content (AvgIpc) is 3.21. The van der Waals surface area contributed by atoms with Crippen LogP contribution in [-0.2, 0) is 17.6 Å². The maximum Gasteiger partial charge on any atom is 0.243 e. The molecule has 2 aliphatic rings. The van der Waals surface area contributed by atoms with Gasteiger partial charge >= 0.3 is 0 Å². The number of benzene rings is 1. The van der Waals surface area contributed by atoms with Gasteiger partial charge in [-0.15, -0.1) is 0 Å². The molecule has 6 heteroatoms. The van der Waals surface area contributed by atoms with Crippen molar-refractivity contribution in [2.75, 3.05) is 31.1 Å². The van der Waals surface area contributed by atoms with Crippen LogP contribution in [0.1, 0.15) is 23.0 Å². The normalized spacial score (nSPS) is 19.3. The number of nitrogens with one attached hydrogen (secondary N) is 3. The second kappa shape index (κ2) is 6.04. The number of anilines is 1. The number of aromatic amines is 1. The quantitative estimate of drug-likeness (QED) is 0.780. The van der Waals surface area contributed by atoms with Crippen molar-refractivity contribution >= 4 is 11.6 Å². The number of hydrogen-bond acceptors (Lipinski definition) is 4. The van der Waals surface area contributed by atoms with E-state index in [0.717, 1.165) is 43.9 Å². The van der Waals surface area contributed by atoms with E-state index in [1.165, 1.54) is 11.3 Å². The Hall–Kier alpha value is -2.34. The summed E-state index contributed by atoms with van der Waals surface area (Å²) in [5.74, 6) is 0.00512. The molecule has 1 aromatic carbocycles. The lowest BCUT2D eigenvalue weighted by atomic mass is 10.1. The lowest BCUT2D eigenvalue weighted by Gasteiger charge is -2.23. The van der Waals surface area contributed by atoms with Gasteiger partial charge in [-0.1, -0.05) is 18.2 Å². The van der Waals surface area contributed by atoms with Crippen molar-refractivity contribution in [2.24, 2.45) is 0 Å². The fraction of sp³-hybridized carbons (Fsp3) is 0.412. The molecule has 6 nitrogen and oxygen atoms in total. The predicted molar refractivity (Wildman–Crippen MR) is 88.4 cm³/mol. The van der Waals surface area contributed by atoms with Gasteiger partial charge in [0.25, 0.3) is 0 Å². The van der Waals surface area contributed by atoms with E-state index in [-0.39, 0.29) is 11.9 Å². The highest BCUT2D eigenvalue weighted by atomic mass is 16.2. The standard InChI is InChI=1S/C17H21N5O/c23-17(16-15-13(5-7-18-16)20-11-21-15)19-8-10-22-9-6-12-3-1-2-4-14(12)22/h1-4,11,16,18H,5-10H2,(H,19,23)(H,20,21)/t16-/m1/s1. The Kier molecular flexibility index (Phi) is 3.75. The Labute approximate surface area is 135 Å². The maximum absolute atomic E-state index is 12.4. The third kappa shape index (κ3) is 2.70. The van der Waals surface area contributed by atoms with Crippen LogP contribution in [0.25, 0.3) is 0 Å². The minimum atomic E-state index is -0.337. The highest BCUT2D eigenvalue weighted by Crippen LogP contribution is 2.26. The number of imidazole rings is 1. The van der Waals surface area contributed by atoms with E-state index in [4.69, 9.17) is 0 Å². The van der Waals surface area contributed by atoms with Gasteiger partial charge < -0.3 is 20.5 Å². The van der Waals surface area contributed by atoms with Gasteiger partial charge in [0.1, 0.15) is 6.04 Å². The van der Waals surface area contributed by atoms with Gasteiger partial charge in [-0.05, 0) is 18.1 Å². The first-order valence-electron chi connectivity index (χ1n) is 8.19. The highest BCUT2D eigenvalue weighted by molar-refractivity contribution is 5.83. The molecular weight excluding hydrogens is 290 g/mol. The Bertz CT molecular complexity index is 711. The van der Waals surface area contributed by atoms with Gasteiger partial charge in [-0.2, -0.15) is 0 Å². The molecule has 1 atom stereocenters. The van der Waals surface area contributed by atoms with Crippen molar-refractivity contribution in [3.8, 4) is 0 Å². The van der Waals surface area contributed by atoms with Gasteiger partial charge in [0.15, 0.2) is 0 Å². The number of H-pyrrole nitrogens is 1. The largest absolute Gasteiger partial charge is 0.369 e. The highest BCUT2D eigenvalue weighted by Gasteiger charge is 2.28. The van der Waals surface area contributed by atoms with Crippen LogP contribution in [-0.4, -0.2) is 42.1 Å². The smallest absolute Gasteiger partial charge is 0.243 e. The number of fused-ring (bicyclic) bond motifs is 2. The molecule has 0 bridgehead atoms. The van der Waals surface area contributed by atoms with E-state index < -0.39 is 0 Å². The van der Waals surface area contributed by atoms with Crippen LogP contribution in [0.4, 0.5) is 5.69 Å². The third-order valence-corrected chi connectivity index (χ3v) is 4.68. The Morgan fingerprint density at radius 1 is 1.35 bits per heavy atom. The second-order valence-corrected chi connectivity index (χ2v) is 6.06. The second-order valence-electron chi connectivity index (χ2n) is 6.06. The van der Waals surface area contributed by atoms with Crippen molar-refractivity contribution in [1.29, 1.82) is 0 Å². The Morgan fingerprint density at radius 3 is 3.22 bits per heavy atom. The van der Waals surface area contributed by atoms with Crippen LogP contribution in [0.15, 0.2) is 30.6 Å². The molecule has 4 rings (SSSR count). The van der Waals surface area contributed by atoms with Crippen molar-refractivity contribution in [2.45, 2.75) is 18.9 Å². The van der Waals surface area contributed by atoms with Crippen LogP contribution in [0.3, 0.4) is 0 Å². The molecule has 2 aliphatic heterocycles. The maximum atomic E-state index is 12.4. The summed E-state index contributed by atoms with van der Waals surface area (Å²) in [7, 11) is 0. The molecule has 3 heterocycles. The number of aromatic nitrogens is 2. The van der Waals surface area contributed by atoms with Gasteiger partial charge in [-0.25, -0.2) is 4.98 Å². The van der Waals surface area contributed by atoms with Crippen LogP contribution in [0.2, 0.25) is 0 Å². The molecule has 0 aliphatic carbocycles. The zero-order valence-electron chi connectivity index (χ0n) is 13.0. The number of amides is 1. The monoisotopic (exact) mass is 311 g/mol. The van der Waals surface area contributed by atoms with Gasteiger partial charge in [0.2, 0.25) is 5.91 Å². The molecule has 2 aromatic rings. The molecule has 0 fully saturated rings. The molecule has 0 radical (unpaired) electrons. The summed E-state index contributed by atoms with van der Waals surface area (Å²) >= 11 is 0. The van der Waals surface area contributed by atoms with Gasteiger partial charge in [-0.3, -0.25) is 4.79 Å². The Morgan fingerprint density at radius 2 is 2.26 bits per heavy atom. The Balaban J connectivity index is 1.34. The number of carbonyl (C=O) groups is 1. The first-order valence-corrected chi connectivity index (χ1v) is 8.19. The van der Waals surface area contributed by atoms with E-state index in [1.54, 1.807) is 6.33 Å². The minimum Gasteiger partial charge on any atom is -0.369 e. The lowest BCUT2D eigenvalue weighted by Crippen LogP contribution is -2.43. The number of hydrogen-bond donors (Lipinski definition) is 3. The lowest BCUT2D eigenvalue weighted by molar-refractivity contribution is -0.123. The van der Waals surface area contributed by atoms with Crippen molar-refractivity contribution < 1.29 is 4.79 Å². The van der Waals surface area contributed by atoms with Crippen LogP contribution in [0.5, 0.6) is 0 Å². The van der Waals surface area contributed by atoms with E-state index in [2.05, 4.69) is 49.8 Å². The average molecular weight is 311 g/mol. The molecule has 0 saturated carbocycles. The zero-order valence-corrected chi connectivity index (χ0v) is 13.0. The molecule has 0 unspecified atom stereocenters. The first kappa shape index (κ1) is 14.3. The van der Waals surface area contributed by atoms with E-state index in [0.29, 0.717) is 6.54 Å². The predicted octanol–water partition coefficient (Wildman–Crippen LogP) is 0.775. The summed E-state index contributed by atoms with van der Waals surface area (Å²) in [4.78, 5) is 22.2. The SMILES string of the molecule is O=C(NCCN1CCc2ccccc21)[C@@H]1NCCc2[nH]cnc21. The summed E-state index contributed by atoms with van der Waals surface area (Å²) in [5.41, 5.74) is 4.60. The fourth-order valence-corrected chi connectivity index (χ4v) is 3.49. The van der Waals surface area contributed by atoms with Crippen molar-refractivity contribution in [1.82, 2.24) is 20.6 Å². The van der Waals surface area contributed by atoms with Crippen LogP contribution < -0.4 is 15.5 Å². The van der Waals surface area contributed by atoms with Crippen molar-refractivity contribution in [3.05, 3.63) is 47.5 Å². The third-order valence-electron chi connectivity index (χ3n) is 4.68. The van der Waals surface area contributed by atoms with E-state index in [1.807, 2.05) is 0 Å². The van der Waals surface area contributed by atoms with E-state index >= 15 is 0 Å². The minimum absolute atomic E-state index is 0.00512. The molecule has 0 saturated heterocycles. The molecular formula is C17H21N5O. The number of rotatable bonds is 4. The van der Waals surface area contributed by atoms with Crippen LogP contribution >= 0.6 is 0 Å². The molecule has 0 spiro atoms. The summed E-state index contributed by atoms with van der Waals surface area (Å²) in [6, 6.07) is 8.15. The van der Waals surface area contributed by atoms with Crippen LogP contribution in [0, 0.1) is 0 Å². The number of carbonyl (C=O) groups excluding carboxylic acids is 1. The molecule has 120 valence electrons. The van der Waals surface area contributed by atoms with E-state index in [9.17, 15) is 4.79 Å². The van der Waals surface area contributed by atoms with Crippen molar-refractivity contribution in [3.63, 3.8) is 0 Å². The summed E-state index contributed by atoms with van der Waals surface area (Å²) in [6.07, 6.45) is 3.65. The summed E-state index contributed by atoms with van der Waals surface area (Å²) in [5, 5.41) is 6.29. The van der Waals surface area contributed by atoms with Gasteiger partial charge in [0.05, 0.1) is 12.0 Å². The van der Waals surface area contributed by atoms with Gasteiger partial charge in [0, 0.05) is 44.0 Å². The number of nitrogens with zero attached hydrogens (tertiary/aromatic N) is 2.